The highest BCUT2D eigenvalue weighted by molar-refractivity contribution is 8.27. The molecule has 1 aliphatic rings. The Morgan fingerprint density at radius 3 is 2.73 bits per heavy atom. The molecule has 0 aromatic carbocycles. The van der Waals surface area contributed by atoms with Crippen molar-refractivity contribution in [2.45, 2.75) is 0 Å². The minimum absolute atomic E-state index is 0.602. The van der Waals surface area contributed by atoms with Gasteiger partial charge in [0.1, 0.15) is 5.04 Å². The molecule has 1 heterocycles. The number of thioether (sulfide) groups is 1. The second-order valence-corrected chi connectivity index (χ2v) is 2.44. The number of hydrogen-bond donors (Lipinski definition) is 0. The van der Waals surface area contributed by atoms with Crippen LogP contribution in [0.1, 0.15) is 0 Å². The molecule has 0 bridgehead atoms. The Bertz CT molecular complexity index is 263. The van der Waals surface area contributed by atoms with Crippen LogP contribution in [-0.4, -0.2) is 16.4 Å². The molecule has 0 unspecified atom stereocenters. The summed E-state index contributed by atoms with van der Waals surface area (Å²) in [6.07, 6.45) is 2.91. The lowest BCUT2D eigenvalue weighted by molar-refractivity contribution is 1.54. The van der Waals surface area contributed by atoms with Gasteiger partial charge in [-0.2, -0.15) is 0 Å². The molecular weight excluding hydrogens is 158 g/mol. The molecule has 11 heavy (non-hydrogen) atoms. The van der Waals surface area contributed by atoms with Gasteiger partial charge in [0.05, 0.1) is 5.55 Å². The van der Waals surface area contributed by atoms with E-state index in [9.17, 15) is 0 Å². The molecular formula is C7H7N3S. The Balaban J connectivity index is 2.87. The van der Waals surface area contributed by atoms with Gasteiger partial charge in [-0.05, 0) is 0 Å². The first-order valence-corrected chi connectivity index (χ1v) is 3.83. The van der Waals surface area contributed by atoms with Crippen molar-refractivity contribution in [3.05, 3.63) is 25.6 Å². The highest BCUT2D eigenvalue weighted by atomic mass is 32.2. The average molecular weight is 165 g/mol. The first kappa shape index (κ1) is 7.94. The van der Waals surface area contributed by atoms with Crippen molar-refractivity contribution in [3.8, 4) is 0 Å². The average Bonchev–Trinajstić information content (AvgIpc) is 2.39. The molecule has 0 aromatic heterocycles. The van der Waals surface area contributed by atoms with Gasteiger partial charge in [0.25, 0.3) is 0 Å². The third kappa shape index (κ3) is 1.88. The molecule has 0 radical (unpaired) electrons. The van der Waals surface area contributed by atoms with E-state index >= 15 is 0 Å². The van der Waals surface area contributed by atoms with E-state index in [4.69, 9.17) is 0 Å². The van der Waals surface area contributed by atoms with Crippen LogP contribution in [-0.2, 0) is 0 Å². The molecule has 3 nitrogen and oxygen atoms in total. The molecule has 0 saturated carbocycles. The van der Waals surface area contributed by atoms with E-state index in [0.29, 0.717) is 5.84 Å². The molecule has 0 amide bonds. The predicted molar refractivity (Wildman–Crippen MR) is 51.3 cm³/mol. The normalized spacial score (nSPS) is 22.9. The molecule has 0 saturated heterocycles. The smallest absolute Gasteiger partial charge is 0.185 e. The topological polar surface area (TPSA) is 37.1 Å². The zero-order chi connectivity index (χ0) is 8.10. The molecule has 0 atom stereocenters. The summed E-state index contributed by atoms with van der Waals surface area (Å²) < 4.78 is 0. The number of amidine groups is 1. The first-order valence-electron chi connectivity index (χ1n) is 2.95. The highest BCUT2D eigenvalue weighted by Gasteiger charge is 2.11. The Morgan fingerprint density at radius 2 is 2.09 bits per heavy atom. The van der Waals surface area contributed by atoms with Gasteiger partial charge >= 0.3 is 0 Å². The fourth-order valence-corrected chi connectivity index (χ4v) is 1.18. The zero-order valence-electron chi connectivity index (χ0n) is 5.90. The quantitative estimate of drug-likeness (QED) is 0.615. The fourth-order valence-electron chi connectivity index (χ4n) is 0.580. The monoisotopic (exact) mass is 165 g/mol. The van der Waals surface area contributed by atoms with Crippen molar-refractivity contribution in [2.24, 2.45) is 15.0 Å². The minimum Gasteiger partial charge on any atom is -0.246 e. The van der Waals surface area contributed by atoms with E-state index in [1.807, 2.05) is 0 Å². The summed E-state index contributed by atoms with van der Waals surface area (Å²) in [4.78, 5) is 11.8. The van der Waals surface area contributed by atoms with Crippen LogP contribution in [0.2, 0.25) is 0 Å². The van der Waals surface area contributed by atoms with Crippen molar-refractivity contribution in [2.75, 3.05) is 0 Å². The maximum atomic E-state index is 3.96. The summed E-state index contributed by atoms with van der Waals surface area (Å²) in [6, 6.07) is 0. The van der Waals surface area contributed by atoms with E-state index in [2.05, 4.69) is 28.1 Å². The lowest BCUT2D eigenvalue weighted by Crippen LogP contribution is -2.00. The molecule has 0 N–H and O–H groups in total. The molecule has 0 spiro atoms. The Morgan fingerprint density at radius 1 is 1.36 bits per heavy atom. The number of rotatable bonds is 2. The van der Waals surface area contributed by atoms with Crippen LogP contribution in [0.5, 0.6) is 0 Å². The lowest BCUT2D eigenvalue weighted by Gasteiger charge is -1.89. The van der Waals surface area contributed by atoms with E-state index in [1.165, 1.54) is 24.2 Å². The van der Waals surface area contributed by atoms with Crippen LogP contribution in [0.4, 0.5) is 0 Å². The number of nitrogens with zero attached hydrogens (tertiary/aromatic N) is 3. The molecule has 0 fully saturated rings. The lowest BCUT2D eigenvalue weighted by atomic mass is 10.6. The van der Waals surface area contributed by atoms with Crippen molar-refractivity contribution in [1.29, 1.82) is 0 Å². The van der Waals surface area contributed by atoms with E-state index in [1.54, 1.807) is 5.55 Å². The van der Waals surface area contributed by atoms with Crippen molar-refractivity contribution in [1.82, 2.24) is 0 Å². The molecule has 1 aliphatic heterocycles. The van der Waals surface area contributed by atoms with Crippen LogP contribution in [0.15, 0.2) is 40.5 Å². The minimum atomic E-state index is 0.602. The van der Waals surface area contributed by atoms with Gasteiger partial charge in [0, 0.05) is 12.4 Å². The van der Waals surface area contributed by atoms with Gasteiger partial charge in [0.2, 0.25) is 0 Å². The predicted octanol–water partition coefficient (Wildman–Crippen LogP) is 1.85. The van der Waals surface area contributed by atoms with E-state index in [0.717, 1.165) is 5.04 Å². The van der Waals surface area contributed by atoms with Crippen LogP contribution in [0, 0.1) is 0 Å². The van der Waals surface area contributed by atoms with Crippen LogP contribution < -0.4 is 0 Å². The molecule has 0 aliphatic carbocycles. The fraction of sp³-hybridized carbons (Fsp3) is 0. The van der Waals surface area contributed by atoms with Gasteiger partial charge in [-0.1, -0.05) is 24.9 Å². The summed E-state index contributed by atoms with van der Waals surface area (Å²) >= 11 is 1.42. The molecule has 4 heteroatoms. The summed E-state index contributed by atoms with van der Waals surface area (Å²) in [5.74, 6) is 0.602. The summed E-state index contributed by atoms with van der Waals surface area (Å²) in [5.41, 5.74) is 1.69. The standard InChI is InChI=1S/C7H7N3S/c1-3-8-6-7(9-4-2)11-5-10-6/h3-5H,1-2H2/b8-6+,9-7+. The van der Waals surface area contributed by atoms with Gasteiger partial charge in [-0.3, -0.25) is 0 Å². The van der Waals surface area contributed by atoms with E-state index < -0.39 is 0 Å². The van der Waals surface area contributed by atoms with Crippen molar-refractivity contribution in [3.63, 3.8) is 0 Å². The van der Waals surface area contributed by atoms with Gasteiger partial charge < -0.3 is 0 Å². The van der Waals surface area contributed by atoms with Crippen LogP contribution in [0.3, 0.4) is 0 Å². The third-order valence-electron chi connectivity index (χ3n) is 0.953. The summed E-state index contributed by atoms with van der Waals surface area (Å²) in [6.45, 7) is 6.95. The molecule has 56 valence electrons. The first-order chi connectivity index (χ1) is 5.38. The summed E-state index contributed by atoms with van der Waals surface area (Å²) in [5, 5.41) is 0.764. The number of aliphatic imine (C=N–C) groups is 3. The maximum Gasteiger partial charge on any atom is 0.185 e. The Kier molecular flexibility index (Phi) is 2.80. The van der Waals surface area contributed by atoms with Crippen molar-refractivity contribution < 1.29 is 0 Å². The maximum absolute atomic E-state index is 3.96. The van der Waals surface area contributed by atoms with Gasteiger partial charge in [0.15, 0.2) is 5.84 Å². The van der Waals surface area contributed by atoms with Gasteiger partial charge in [-0.15, -0.1) is 0 Å². The number of hydrogen-bond acceptors (Lipinski definition) is 3. The molecule has 1 rings (SSSR count). The molecule has 0 aromatic rings. The Hall–Kier alpha value is -1.16. The Labute approximate surface area is 69.4 Å². The van der Waals surface area contributed by atoms with Crippen molar-refractivity contribution >= 4 is 28.2 Å². The highest BCUT2D eigenvalue weighted by Crippen LogP contribution is 2.11. The summed E-state index contributed by atoms with van der Waals surface area (Å²) in [7, 11) is 0. The van der Waals surface area contributed by atoms with E-state index in [-0.39, 0.29) is 0 Å². The SMILES string of the molecule is C=C/N=C1/N=CS/C1=N/C=C. The second kappa shape index (κ2) is 3.88. The zero-order valence-corrected chi connectivity index (χ0v) is 6.71. The van der Waals surface area contributed by atoms with Gasteiger partial charge in [-0.25, -0.2) is 15.0 Å². The third-order valence-corrected chi connectivity index (χ3v) is 1.67. The van der Waals surface area contributed by atoms with Crippen LogP contribution in [0.25, 0.3) is 0 Å². The second-order valence-electron chi connectivity index (χ2n) is 1.60. The largest absolute Gasteiger partial charge is 0.246 e. The van der Waals surface area contributed by atoms with Crippen LogP contribution >= 0.6 is 11.8 Å².